The van der Waals surface area contributed by atoms with Crippen LogP contribution in [0.4, 0.5) is 5.82 Å². The van der Waals surface area contributed by atoms with Crippen LogP contribution in [0.2, 0.25) is 0 Å². The average molecular weight is 344 g/mol. The van der Waals surface area contributed by atoms with Gasteiger partial charge in [-0.3, -0.25) is 4.79 Å². The number of aromatic nitrogens is 2. The van der Waals surface area contributed by atoms with E-state index < -0.39 is 5.60 Å². The van der Waals surface area contributed by atoms with Gasteiger partial charge in [-0.05, 0) is 31.4 Å². The minimum absolute atomic E-state index is 0.209. The number of carbonyl (C=O) groups excluding carboxylic acids is 1. The van der Waals surface area contributed by atoms with Gasteiger partial charge >= 0.3 is 0 Å². The lowest BCUT2D eigenvalue weighted by Crippen LogP contribution is -2.54. The summed E-state index contributed by atoms with van der Waals surface area (Å²) in [5.41, 5.74) is -0.234. The quantitative estimate of drug-likeness (QED) is 0.889. The van der Waals surface area contributed by atoms with Crippen molar-refractivity contribution in [3.63, 3.8) is 0 Å². The second-order valence-electron chi connectivity index (χ2n) is 6.63. The molecule has 1 atom stereocenters. The maximum Gasteiger partial charge on any atom is 0.292 e. The van der Waals surface area contributed by atoms with Gasteiger partial charge < -0.3 is 19.4 Å². The number of anilines is 1. The molecule has 1 aliphatic rings. The summed E-state index contributed by atoms with van der Waals surface area (Å²) in [5, 5.41) is 14.9. The van der Waals surface area contributed by atoms with Gasteiger partial charge in [0.2, 0.25) is 5.76 Å². The molecule has 0 spiro atoms. The van der Waals surface area contributed by atoms with E-state index in [4.69, 9.17) is 4.52 Å². The van der Waals surface area contributed by atoms with E-state index in [1.165, 1.54) is 4.90 Å². The Balaban J connectivity index is 1.66. The topological polar surface area (TPSA) is 82.7 Å². The standard InChI is InChI=1S/C18H24N4O3/c1-3-14-11-15(25-20-14)17(23)21(2)12-18(24)8-6-10-22(13-18)16-7-4-5-9-19-16/h4-5,7,9,11,24H,3,6,8,10,12-13H2,1-2H3/t18-/m0/s1. The Labute approximate surface area is 147 Å². The number of pyridine rings is 1. The normalized spacial score (nSPS) is 20.5. The fourth-order valence-corrected chi connectivity index (χ4v) is 3.26. The molecule has 7 heteroatoms. The van der Waals surface area contributed by atoms with E-state index in [0.29, 0.717) is 19.4 Å². The molecule has 1 fully saturated rings. The lowest BCUT2D eigenvalue weighted by molar-refractivity contribution is -0.00106. The average Bonchev–Trinajstić information content (AvgIpc) is 3.10. The van der Waals surface area contributed by atoms with Gasteiger partial charge in [-0.25, -0.2) is 4.98 Å². The van der Waals surface area contributed by atoms with Gasteiger partial charge in [-0.2, -0.15) is 0 Å². The van der Waals surface area contributed by atoms with Crippen molar-refractivity contribution >= 4 is 11.7 Å². The van der Waals surface area contributed by atoms with Crippen LogP contribution in [0.1, 0.15) is 36.0 Å². The Morgan fingerprint density at radius 1 is 1.48 bits per heavy atom. The molecule has 7 nitrogen and oxygen atoms in total. The molecule has 1 amide bonds. The number of hydrogen-bond donors (Lipinski definition) is 1. The minimum Gasteiger partial charge on any atom is -0.386 e. The van der Waals surface area contributed by atoms with Crippen LogP contribution in [-0.2, 0) is 6.42 Å². The number of amides is 1. The summed E-state index contributed by atoms with van der Waals surface area (Å²) in [4.78, 5) is 20.4. The maximum absolute atomic E-state index is 12.5. The van der Waals surface area contributed by atoms with E-state index in [9.17, 15) is 9.90 Å². The summed E-state index contributed by atoms with van der Waals surface area (Å²) < 4.78 is 5.11. The molecule has 1 aliphatic heterocycles. The van der Waals surface area contributed by atoms with Crippen LogP contribution < -0.4 is 4.90 Å². The number of rotatable bonds is 5. The van der Waals surface area contributed by atoms with Crippen molar-refractivity contribution in [3.05, 3.63) is 41.9 Å². The summed E-state index contributed by atoms with van der Waals surface area (Å²) in [7, 11) is 1.67. The first-order chi connectivity index (χ1) is 12.0. The SMILES string of the molecule is CCc1cc(C(=O)N(C)C[C@@]2(O)CCCN(c3ccccn3)C2)on1. The van der Waals surface area contributed by atoms with Crippen LogP contribution in [0.15, 0.2) is 35.0 Å². The van der Waals surface area contributed by atoms with Crippen molar-refractivity contribution in [2.24, 2.45) is 0 Å². The van der Waals surface area contributed by atoms with Crippen LogP contribution in [0.25, 0.3) is 0 Å². The van der Waals surface area contributed by atoms with Gasteiger partial charge in [0.1, 0.15) is 5.82 Å². The Morgan fingerprint density at radius 3 is 3.00 bits per heavy atom. The maximum atomic E-state index is 12.5. The number of nitrogens with zero attached hydrogens (tertiary/aromatic N) is 4. The third-order valence-corrected chi connectivity index (χ3v) is 4.54. The highest BCUT2D eigenvalue weighted by Gasteiger charge is 2.36. The Bertz CT molecular complexity index is 718. The van der Waals surface area contributed by atoms with Crippen molar-refractivity contribution in [3.8, 4) is 0 Å². The molecule has 1 N–H and O–H groups in total. The smallest absolute Gasteiger partial charge is 0.292 e. The van der Waals surface area contributed by atoms with Gasteiger partial charge in [0.25, 0.3) is 5.91 Å². The van der Waals surface area contributed by atoms with Crippen LogP contribution in [-0.4, -0.2) is 58.3 Å². The second-order valence-corrected chi connectivity index (χ2v) is 6.63. The molecule has 1 saturated heterocycles. The molecule has 0 bridgehead atoms. The minimum atomic E-state index is -0.978. The van der Waals surface area contributed by atoms with Crippen molar-refractivity contribution in [2.75, 3.05) is 31.6 Å². The summed E-state index contributed by atoms with van der Waals surface area (Å²) in [6.45, 7) is 3.47. The first kappa shape index (κ1) is 17.4. The van der Waals surface area contributed by atoms with Gasteiger partial charge in [0.15, 0.2) is 0 Å². The van der Waals surface area contributed by atoms with Crippen molar-refractivity contribution in [1.29, 1.82) is 0 Å². The lowest BCUT2D eigenvalue weighted by atomic mass is 9.92. The number of β-amino-alcohol motifs (C(OH)–C–C–N with tert-alkyl or cyclic N) is 1. The predicted octanol–water partition coefficient (Wildman–Crippen LogP) is 1.74. The highest BCUT2D eigenvalue weighted by atomic mass is 16.5. The van der Waals surface area contributed by atoms with Crippen LogP contribution in [0.5, 0.6) is 0 Å². The van der Waals surface area contributed by atoms with Crippen molar-refractivity contribution < 1.29 is 14.4 Å². The Kier molecular flexibility index (Phi) is 5.03. The number of carbonyl (C=O) groups is 1. The summed E-state index contributed by atoms with van der Waals surface area (Å²) in [6, 6.07) is 7.39. The molecule has 0 radical (unpaired) electrons. The zero-order chi connectivity index (χ0) is 17.9. The number of hydrogen-bond acceptors (Lipinski definition) is 6. The lowest BCUT2D eigenvalue weighted by Gasteiger charge is -2.41. The molecule has 3 rings (SSSR count). The van der Waals surface area contributed by atoms with E-state index in [0.717, 1.165) is 24.5 Å². The molecule has 0 aliphatic carbocycles. The molecule has 134 valence electrons. The zero-order valence-corrected chi connectivity index (χ0v) is 14.7. The summed E-state index contributed by atoms with van der Waals surface area (Å²) in [6.07, 6.45) is 3.94. The molecular formula is C18H24N4O3. The van der Waals surface area contributed by atoms with Gasteiger partial charge in [0.05, 0.1) is 17.8 Å². The molecule has 0 unspecified atom stereocenters. The number of aryl methyl sites for hydroxylation is 1. The molecular weight excluding hydrogens is 320 g/mol. The van der Waals surface area contributed by atoms with Gasteiger partial charge in [-0.1, -0.05) is 18.1 Å². The first-order valence-corrected chi connectivity index (χ1v) is 8.60. The Morgan fingerprint density at radius 2 is 2.32 bits per heavy atom. The van der Waals surface area contributed by atoms with E-state index in [1.807, 2.05) is 25.1 Å². The third-order valence-electron chi connectivity index (χ3n) is 4.54. The van der Waals surface area contributed by atoms with E-state index in [1.54, 1.807) is 19.3 Å². The third kappa shape index (κ3) is 3.99. The predicted molar refractivity (Wildman–Crippen MR) is 93.5 cm³/mol. The number of likely N-dealkylation sites (N-methyl/N-ethyl adjacent to an activating group) is 1. The van der Waals surface area contributed by atoms with E-state index in [2.05, 4.69) is 15.0 Å². The molecule has 25 heavy (non-hydrogen) atoms. The van der Waals surface area contributed by atoms with Crippen LogP contribution in [0.3, 0.4) is 0 Å². The van der Waals surface area contributed by atoms with Gasteiger partial charge in [-0.15, -0.1) is 0 Å². The van der Waals surface area contributed by atoms with E-state index in [-0.39, 0.29) is 18.2 Å². The van der Waals surface area contributed by atoms with Crippen molar-refractivity contribution in [2.45, 2.75) is 31.8 Å². The zero-order valence-electron chi connectivity index (χ0n) is 14.7. The monoisotopic (exact) mass is 344 g/mol. The Hall–Kier alpha value is -2.41. The van der Waals surface area contributed by atoms with Crippen LogP contribution in [0, 0.1) is 0 Å². The highest BCUT2D eigenvalue weighted by Crippen LogP contribution is 2.26. The van der Waals surface area contributed by atoms with Crippen molar-refractivity contribution in [1.82, 2.24) is 15.0 Å². The highest BCUT2D eigenvalue weighted by molar-refractivity contribution is 5.91. The molecule has 2 aromatic rings. The fourth-order valence-electron chi connectivity index (χ4n) is 3.26. The molecule has 0 saturated carbocycles. The largest absolute Gasteiger partial charge is 0.386 e. The number of piperidine rings is 1. The molecule has 2 aromatic heterocycles. The number of aliphatic hydroxyl groups is 1. The van der Waals surface area contributed by atoms with Crippen LogP contribution >= 0.6 is 0 Å². The first-order valence-electron chi connectivity index (χ1n) is 8.60. The second kappa shape index (κ2) is 7.23. The molecule has 3 heterocycles. The van der Waals surface area contributed by atoms with E-state index >= 15 is 0 Å². The molecule has 0 aromatic carbocycles. The fraction of sp³-hybridized carbons (Fsp3) is 0.500. The van der Waals surface area contributed by atoms with Gasteiger partial charge in [0, 0.05) is 32.4 Å². The summed E-state index contributed by atoms with van der Waals surface area (Å²) >= 11 is 0. The summed E-state index contributed by atoms with van der Waals surface area (Å²) in [5.74, 6) is 0.786.